The number of aromatic nitrogens is 3. The zero-order chi connectivity index (χ0) is 21.4. The summed E-state index contributed by atoms with van der Waals surface area (Å²) in [6, 6.07) is 14.7. The zero-order valence-corrected chi connectivity index (χ0v) is 18.0. The van der Waals surface area contributed by atoms with Gasteiger partial charge in [0.15, 0.2) is 0 Å². The Hall–Kier alpha value is -3.01. The van der Waals surface area contributed by atoms with Gasteiger partial charge in [-0.3, -0.25) is 9.88 Å². The third-order valence-electron chi connectivity index (χ3n) is 5.66. The number of piperazine rings is 1. The summed E-state index contributed by atoms with van der Waals surface area (Å²) in [5.74, 6) is 1.64. The van der Waals surface area contributed by atoms with Crippen LogP contribution in [0.4, 0.5) is 0 Å². The van der Waals surface area contributed by atoms with E-state index < -0.39 is 10.0 Å². The van der Waals surface area contributed by atoms with Gasteiger partial charge in [0.2, 0.25) is 10.0 Å². The Morgan fingerprint density at radius 2 is 1.87 bits per heavy atom. The molecule has 0 spiro atoms. The van der Waals surface area contributed by atoms with E-state index in [1.54, 1.807) is 29.7 Å². The average molecular weight is 438 g/mol. The summed E-state index contributed by atoms with van der Waals surface area (Å²) in [6.45, 7) is 2.77. The molecule has 2 aromatic carbocycles. The van der Waals surface area contributed by atoms with Crippen molar-refractivity contribution in [1.82, 2.24) is 24.2 Å². The number of rotatable bonds is 5. The highest BCUT2D eigenvalue weighted by Crippen LogP contribution is 2.25. The first kappa shape index (κ1) is 19.9. The molecule has 5 rings (SSSR count). The maximum Gasteiger partial charge on any atom is 0.245 e. The Kier molecular flexibility index (Phi) is 5.09. The molecule has 4 aromatic rings. The van der Waals surface area contributed by atoms with Crippen molar-refractivity contribution in [2.24, 2.45) is 0 Å². The summed E-state index contributed by atoms with van der Waals surface area (Å²) >= 11 is 0. The van der Waals surface area contributed by atoms with Crippen LogP contribution in [0.15, 0.2) is 59.6 Å². The first-order chi connectivity index (χ1) is 15.0. The molecule has 1 fully saturated rings. The number of sulfonamides is 1. The predicted molar refractivity (Wildman–Crippen MR) is 118 cm³/mol. The molecule has 9 heteroatoms. The van der Waals surface area contributed by atoms with Gasteiger partial charge in [0, 0.05) is 43.8 Å². The van der Waals surface area contributed by atoms with Crippen LogP contribution in [0.2, 0.25) is 0 Å². The van der Waals surface area contributed by atoms with Crippen molar-refractivity contribution >= 4 is 32.0 Å². The van der Waals surface area contributed by atoms with Gasteiger partial charge in [-0.25, -0.2) is 13.4 Å². The van der Waals surface area contributed by atoms with Gasteiger partial charge < -0.3 is 9.72 Å². The van der Waals surface area contributed by atoms with Gasteiger partial charge in [-0.1, -0.05) is 18.2 Å². The fourth-order valence-electron chi connectivity index (χ4n) is 4.01. The molecule has 8 nitrogen and oxygen atoms in total. The van der Waals surface area contributed by atoms with E-state index in [1.807, 2.05) is 36.4 Å². The molecule has 160 valence electrons. The summed E-state index contributed by atoms with van der Waals surface area (Å²) in [5.41, 5.74) is 2.34. The topological polar surface area (TPSA) is 91.4 Å². The Bertz CT molecular complexity index is 1340. The van der Waals surface area contributed by atoms with Gasteiger partial charge in [-0.2, -0.15) is 4.31 Å². The summed E-state index contributed by atoms with van der Waals surface area (Å²) in [7, 11) is -1.97. The van der Waals surface area contributed by atoms with Crippen LogP contribution >= 0.6 is 0 Å². The van der Waals surface area contributed by atoms with Gasteiger partial charge >= 0.3 is 0 Å². The lowest BCUT2D eigenvalue weighted by molar-refractivity contribution is 0.178. The van der Waals surface area contributed by atoms with Crippen molar-refractivity contribution in [3.05, 3.63) is 60.6 Å². The Labute approximate surface area is 180 Å². The Morgan fingerprint density at radius 1 is 1.06 bits per heavy atom. The van der Waals surface area contributed by atoms with Crippen molar-refractivity contribution in [3.63, 3.8) is 0 Å². The number of fused-ring (bicyclic) bond motifs is 2. The number of hydrogen-bond donors (Lipinski definition) is 1. The number of methoxy groups -OCH3 is 1. The predicted octanol–water partition coefficient (Wildman–Crippen LogP) is 2.63. The molecule has 0 bridgehead atoms. The molecular weight excluding hydrogens is 414 g/mol. The van der Waals surface area contributed by atoms with E-state index in [2.05, 4.69) is 19.9 Å². The van der Waals surface area contributed by atoms with Crippen LogP contribution < -0.4 is 4.74 Å². The van der Waals surface area contributed by atoms with Crippen molar-refractivity contribution in [1.29, 1.82) is 0 Å². The van der Waals surface area contributed by atoms with Crippen molar-refractivity contribution < 1.29 is 13.2 Å². The highest BCUT2D eigenvalue weighted by Gasteiger charge is 2.30. The zero-order valence-electron chi connectivity index (χ0n) is 17.2. The summed E-state index contributed by atoms with van der Waals surface area (Å²) in [6.07, 6.45) is 1.63. The lowest BCUT2D eigenvalue weighted by atomic mass is 10.2. The second-order valence-electron chi connectivity index (χ2n) is 7.58. The number of imidazole rings is 1. The van der Waals surface area contributed by atoms with Crippen LogP contribution in [0.5, 0.6) is 5.75 Å². The summed E-state index contributed by atoms with van der Waals surface area (Å²) in [5, 5.41) is 0.823. The van der Waals surface area contributed by atoms with Crippen molar-refractivity contribution in [2.75, 3.05) is 33.3 Å². The molecule has 0 unspecified atom stereocenters. The standard InChI is InChI=1S/C22H23N5O3S/c1-30-17-7-8-18-19(14-17)25-21(24-18)15-26-10-12-27(13-11-26)31(28,29)20-6-2-4-16-5-3-9-23-22(16)20/h2-9,14H,10-13,15H2,1H3,(H,24,25). The molecule has 0 radical (unpaired) electrons. The third-order valence-corrected chi connectivity index (χ3v) is 7.59. The Balaban J connectivity index is 1.30. The van der Waals surface area contributed by atoms with Gasteiger partial charge in [0.25, 0.3) is 0 Å². The second-order valence-corrected chi connectivity index (χ2v) is 9.48. The maximum atomic E-state index is 13.3. The van der Waals surface area contributed by atoms with Crippen molar-refractivity contribution in [2.45, 2.75) is 11.4 Å². The lowest BCUT2D eigenvalue weighted by Gasteiger charge is -2.33. The number of aromatic amines is 1. The number of para-hydroxylation sites is 1. The number of nitrogens with one attached hydrogen (secondary N) is 1. The summed E-state index contributed by atoms with van der Waals surface area (Å²) in [4.78, 5) is 14.8. The van der Waals surface area contributed by atoms with Crippen LogP contribution in [0.25, 0.3) is 21.9 Å². The minimum absolute atomic E-state index is 0.269. The third kappa shape index (κ3) is 3.76. The molecule has 0 atom stereocenters. The number of pyridine rings is 1. The normalized spacial score (nSPS) is 16.2. The average Bonchev–Trinajstić information content (AvgIpc) is 3.20. The van der Waals surface area contributed by atoms with E-state index in [9.17, 15) is 8.42 Å². The van der Waals surface area contributed by atoms with E-state index in [0.717, 1.165) is 28.0 Å². The largest absolute Gasteiger partial charge is 0.497 e. The van der Waals surface area contributed by atoms with Gasteiger partial charge in [0.05, 0.1) is 30.2 Å². The molecule has 1 aliphatic heterocycles. The molecule has 2 aromatic heterocycles. The number of ether oxygens (including phenoxy) is 1. The molecule has 1 aliphatic rings. The fraction of sp³-hybridized carbons (Fsp3) is 0.273. The molecule has 3 heterocycles. The molecule has 31 heavy (non-hydrogen) atoms. The number of hydrogen-bond acceptors (Lipinski definition) is 6. The monoisotopic (exact) mass is 437 g/mol. The highest BCUT2D eigenvalue weighted by molar-refractivity contribution is 7.89. The van der Waals surface area contributed by atoms with Crippen LogP contribution in [0.1, 0.15) is 5.82 Å². The fourth-order valence-corrected chi connectivity index (χ4v) is 5.59. The van der Waals surface area contributed by atoms with Crippen LogP contribution in [-0.4, -0.2) is 65.9 Å². The highest BCUT2D eigenvalue weighted by atomic mass is 32.2. The van der Waals surface area contributed by atoms with Crippen molar-refractivity contribution in [3.8, 4) is 5.75 Å². The smallest absolute Gasteiger partial charge is 0.245 e. The Morgan fingerprint density at radius 3 is 2.68 bits per heavy atom. The quantitative estimate of drug-likeness (QED) is 0.516. The molecule has 0 amide bonds. The SMILES string of the molecule is COc1ccc2nc(CN3CCN(S(=O)(=O)c4cccc5cccnc45)CC3)[nH]c2c1. The van der Waals surface area contributed by atoms with E-state index in [-0.39, 0.29) is 4.90 Å². The minimum atomic E-state index is -3.61. The van der Waals surface area contributed by atoms with Gasteiger partial charge in [0.1, 0.15) is 16.5 Å². The van der Waals surface area contributed by atoms with Gasteiger partial charge in [-0.15, -0.1) is 0 Å². The van der Waals surface area contributed by atoms with E-state index in [4.69, 9.17) is 4.74 Å². The van der Waals surface area contributed by atoms with Crippen LogP contribution in [-0.2, 0) is 16.6 Å². The minimum Gasteiger partial charge on any atom is -0.497 e. The number of H-pyrrole nitrogens is 1. The maximum absolute atomic E-state index is 13.3. The van der Waals surface area contributed by atoms with Gasteiger partial charge in [-0.05, 0) is 24.3 Å². The molecule has 1 N–H and O–H groups in total. The van der Waals surface area contributed by atoms with E-state index in [1.165, 1.54) is 0 Å². The first-order valence-electron chi connectivity index (χ1n) is 10.1. The molecule has 0 saturated carbocycles. The second kappa shape index (κ2) is 7.92. The van der Waals surface area contributed by atoms with Crippen LogP contribution in [0, 0.1) is 0 Å². The summed E-state index contributed by atoms with van der Waals surface area (Å²) < 4.78 is 33.4. The number of benzene rings is 2. The van der Waals surface area contributed by atoms with E-state index in [0.29, 0.717) is 38.2 Å². The molecule has 0 aliphatic carbocycles. The van der Waals surface area contributed by atoms with E-state index >= 15 is 0 Å². The first-order valence-corrected chi connectivity index (χ1v) is 11.6. The molecular formula is C22H23N5O3S. The lowest BCUT2D eigenvalue weighted by Crippen LogP contribution is -2.48. The number of nitrogens with zero attached hydrogens (tertiary/aromatic N) is 4. The van der Waals surface area contributed by atoms with Crippen LogP contribution in [0.3, 0.4) is 0 Å². The molecule has 1 saturated heterocycles.